The number of allylic oxidation sites excluding steroid dienone is 4. The number of rotatable bonds is 11. The highest BCUT2D eigenvalue weighted by molar-refractivity contribution is 5.35. The van der Waals surface area contributed by atoms with Gasteiger partial charge in [0.15, 0.2) is 0 Å². The molecule has 3 aliphatic rings. The van der Waals surface area contributed by atoms with Crippen molar-refractivity contribution in [1.29, 1.82) is 0 Å². The SMILES string of the molecule is C=C1/C(=C\C/C=C2\CCCC3(C)C2CC[C@@H]3C(C)(CCCC(C)(C)O)CCCC(C)(C)O)C[C@@H](O)CC1F. The van der Waals surface area contributed by atoms with Crippen LogP contribution in [0.15, 0.2) is 35.5 Å². The molecular formula is C34H57FO3. The molecule has 3 rings (SSSR count). The van der Waals surface area contributed by atoms with E-state index in [-0.39, 0.29) is 17.3 Å². The van der Waals surface area contributed by atoms with Crippen LogP contribution >= 0.6 is 0 Å². The Kier molecular flexibility index (Phi) is 10.2. The average molecular weight is 533 g/mol. The van der Waals surface area contributed by atoms with Gasteiger partial charge in [-0.25, -0.2) is 4.39 Å². The molecule has 3 saturated carbocycles. The van der Waals surface area contributed by atoms with Crippen LogP contribution in [0, 0.1) is 22.7 Å². The van der Waals surface area contributed by atoms with Gasteiger partial charge in [-0.15, -0.1) is 0 Å². The molecule has 0 aromatic heterocycles. The standard InChI is InChI=1S/C34H57FO3/c1-24-26(22-27(36)23-29(24)35)13-8-12-25-14-9-21-34(7)28(25)15-16-30(34)33(6,19-10-17-31(2,3)37)20-11-18-32(4,5)38/h12-13,27-30,36-38H,1,8-11,14-23H2,2-7H3/b25-12+,26-13-/t27-,28?,29?,30-,34?/m1/s1. The third-order valence-electron chi connectivity index (χ3n) is 10.3. The van der Waals surface area contributed by atoms with E-state index in [1.165, 1.54) is 25.7 Å². The lowest BCUT2D eigenvalue weighted by atomic mass is 9.55. The van der Waals surface area contributed by atoms with Crippen molar-refractivity contribution < 1.29 is 19.7 Å². The van der Waals surface area contributed by atoms with E-state index in [0.717, 1.165) is 56.9 Å². The Morgan fingerprint density at radius 2 is 1.58 bits per heavy atom. The fourth-order valence-corrected chi connectivity index (χ4v) is 8.37. The number of fused-ring (bicyclic) bond motifs is 1. The maximum absolute atomic E-state index is 14.2. The molecule has 5 atom stereocenters. The summed E-state index contributed by atoms with van der Waals surface area (Å²) >= 11 is 0. The molecule has 0 heterocycles. The second-order valence-corrected chi connectivity index (χ2v) is 14.9. The molecule has 0 aliphatic heterocycles. The Balaban J connectivity index is 1.77. The summed E-state index contributed by atoms with van der Waals surface area (Å²) in [6.45, 7) is 16.6. The van der Waals surface area contributed by atoms with E-state index in [4.69, 9.17) is 0 Å². The first-order valence-electron chi connectivity index (χ1n) is 15.4. The van der Waals surface area contributed by atoms with Crippen LogP contribution in [0.4, 0.5) is 4.39 Å². The second-order valence-electron chi connectivity index (χ2n) is 14.9. The van der Waals surface area contributed by atoms with Crippen LogP contribution < -0.4 is 0 Å². The molecule has 3 aliphatic carbocycles. The lowest BCUT2D eigenvalue weighted by molar-refractivity contribution is 0.00523. The van der Waals surface area contributed by atoms with Gasteiger partial charge >= 0.3 is 0 Å². The Bertz CT molecular complexity index is 853. The molecule has 0 bridgehead atoms. The molecule has 38 heavy (non-hydrogen) atoms. The molecule has 0 aromatic carbocycles. The summed E-state index contributed by atoms with van der Waals surface area (Å²) in [5.74, 6) is 1.22. The fraction of sp³-hybridized carbons (Fsp3) is 0.824. The van der Waals surface area contributed by atoms with Gasteiger partial charge < -0.3 is 15.3 Å². The van der Waals surface area contributed by atoms with Gasteiger partial charge in [0.25, 0.3) is 0 Å². The number of alkyl halides is 1. The average Bonchev–Trinajstić information content (AvgIpc) is 3.13. The van der Waals surface area contributed by atoms with E-state index in [1.54, 1.807) is 5.57 Å². The summed E-state index contributed by atoms with van der Waals surface area (Å²) in [6.07, 6.45) is 16.3. The lowest BCUT2D eigenvalue weighted by Crippen LogP contribution is -2.41. The minimum Gasteiger partial charge on any atom is -0.393 e. The molecule has 4 heteroatoms. The highest BCUT2D eigenvalue weighted by atomic mass is 19.1. The monoisotopic (exact) mass is 532 g/mol. The zero-order valence-corrected chi connectivity index (χ0v) is 25.3. The van der Waals surface area contributed by atoms with Gasteiger partial charge in [-0.3, -0.25) is 0 Å². The van der Waals surface area contributed by atoms with E-state index >= 15 is 0 Å². The Morgan fingerprint density at radius 3 is 2.16 bits per heavy atom. The number of halogens is 1. The minimum absolute atomic E-state index is 0.170. The molecule has 0 amide bonds. The molecule has 0 spiro atoms. The summed E-state index contributed by atoms with van der Waals surface area (Å²) in [7, 11) is 0. The number of hydrogen-bond acceptors (Lipinski definition) is 3. The lowest BCUT2D eigenvalue weighted by Gasteiger charge is -2.50. The summed E-state index contributed by atoms with van der Waals surface area (Å²) < 4.78 is 14.2. The molecule has 3 unspecified atom stereocenters. The molecular weight excluding hydrogens is 475 g/mol. The third kappa shape index (κ3) is 8.04. The second kappa shape index (κ2) is 12.3. The van der Waals surface area contributed by atoms with Crippen LogP contribution in [-0.2, 0) is 0 Å². The predicted molar refractivity (Wildman–Crippen MR) is 157 cm³/mol. The molecule has 3 N–H and O–H groups in total. The van der Waals surface area contributed by atoms with Gasteiger partial charge in [-0.05, 0) is 132 Å². The van der Waals surface area contributed by atoms with Crippen LogP contribution in [0.1, 0.15) is 131 Å². The molecule has 3 nitrogen and oxygen atoms in total. The first kappa shape index (κ1) is 31.6. The highest BCUT2D eigenvalue weighted by Crippen LogP contribution is 2.64. The van der Waals surface area contributed by atoms with Gasteiger partial charge in [-0.2, -0.15) is 0 Å². The Morgan fingerprint density at radius 1 is 0.974 bits per heavy atom. The fourth-order valence-electron chi connectivity index (χ4n) is 8.37. The normalized spacial score (nSPS) is 33.3. The number of aliphatic hydroxyl groups excluding tert-OH is 1. The van der Waals surface area contributed by atoms with Gasteiger partial charge in [0.1, 0.15) is 6.17 Å². The van der Waals surface area contributed by atoms with Crippen molar-refractivity contribution in [2.45, 2.75) is 155 Å². The van der Waals surface area contributed by atoms with Crippen LogP contribution in [0.3, 0.4) is 0 Å². The van der Waals surface area contributed by atoms with E-state index < -0.39 is 23.5 Å². The van der Waals surface area contributed by atoms with Gasteiger partial charge in [0.05, 0.1) is 17.3 Å². The van der Waals surface area contributed by atoms with Crippen LogP contribution in [-0.4, -0.2) is 38.8 Å². The summed E-state index contributed by atoms with van der Waals surface area (Å²) in [6, 6.07) is 0. The molecule has 0 aromatic rings. The number of aliphatic hydroxyl groups is 3. The van der Waals surface area contributed by atoms with Crippen molar-refractivity contribution in [2.24, 2.45) is 22.7 Å². The Hall–Kier alpha value is -0.970. The van der Waals surface area contributed by atoms with Crippen molar-refractivity contribution >= 4 is 0 Å². The van der Waals surface area contributed by atoms with Crippen molar-refractivity contribution in [3.8, 4) is 0 Å². The van der Waals surface area contributed by atoms with Crippen LogP contribution in [0.25, 0.3) is 0 Å². The molecule has 218 valence electrons. The predicted octanol–water partition coefficient (Wildman–Crippen LogP) is 8.38. The summed E-state index contributed by atoms with van der Waals surface area (Å²) in [4.78, 5) is 0. The van der Waals surface area contributed by atoms with Crippen LogP contribution in [0.5, 0.6) is 0 Å². The Labute approximate surface area is 232 Å². The zero-order chi connectivity index (χ0) is 28.4. The molecule has 3 fully saturated rings. The van der Waals surface area contributed by atoms with Crippen molar-refractivity contribution in [2.75, 3.05) is 0 Å². The first-order valence-corrected chi connectivity index (χ1v) is 15.4. The third-order valence-corrected chi connectivity index (χ3v) is 10.3. The summed E-state index contributed by atoms with van der Waals surface area (Å²) in [5, 5.41) is 30.8. The first-order chi connectivity index (χ1) is 17.5. The van der Waals surface area contributed by atoms with E-state index in [1.807, 2.05) is 27.7 Å². The van der Waals surface area contributed by atoms with Gasteiger partial charge in [0, 0.05) is 6.42 Å². The van der Waals surface area contributed by atoms with E-state index in [2.05, 4.69) is 32.6 Å². The van der Waals surface area contributed by atoms with Crippen molar-refractivity contribution in [1.82, 2.24) is 0 Å². The minimum atomic E-state index is -1.13. The van der Waals surface area contributed by atoms with Crippen molar-refractivity contribution in [3.63, 3.8) is 0 Å². The van der Waals surface area contributed by atoms with E-state index in [0.29, 0.717) is 23.8 Å². The maximum Gasteiger partial charge on any atom is 0.127 e. The largest absolute Gasteiger partial charge is 0.393 e. The molecule has 0 radical (unpaired) electrons. The topological polar surface area (TPSA) is 60.7 Å². The highest BCUT2D eigenvalue weighted by Gasteiger charge is 2.54. The maximum atomic E-state index is 14.2. The van der Waals surface area contributed by atoms with Crippen LogP contribution in [0.2, 0.25) is 0 Å². The van der Waals surface area contributed by atoms with Gasteiger partial charge in [0.2, 0.25) is 0 Å². The van der Waals surface area contributed by atoms with Gasteiger partial charge in [-0.1, -0.05) is 51.0 Å². The quantitative estimate of drug-likeness (QED) is 0.234. The summed E-state index contributed by atoms with van der Waals surface area (Å²) in [5.41, 5.74) is 2.21. The zero-order valence-electron chi connectivity index (χ0n) is 25.3. The van der Waals surface area contributed by atoms with E-state index in [9.17, 15) is 19.7 Å². The number of hydrogen-bond donors (Lipinski definition) is 3. The molecule has 0 saturated heterocycles. The van der Waals surface area contributed by atoms with Crippen molar-refractivity contribution in [3.05, 3.63) is 35.5 Å². The smallest absolute Gasteiger partial charge is 0.127 e.